The largest absolute Gasteiger partial charge is 0.297 e. The molecule has 0 aliphatic rings. The number of thiazole rings is 1. The summed E-state index contributed by atoms with van der Waals surface area (Å²) < 4.78 is 3.72. The van der Waals surface area contributed by atoms with Gasteiger partial charge in [-0.15, -0.1) is 22.7 Å². The first-order valence-corrected chi connectivity index (χ1v) is 10.9. The van der Waals surface area contributed by atoms with Gasteiger partial charge in [-0.25, -0.2) is 15.1 Å². The zero-order valence-electron chi connectivity index (χ0n) is 15.7. The van der Waals surface area contributed by atoms with E-state index in [2.05, 4.69) is 15.5 Å². The number of benzene rings is 1. The predicted molar refractivity (Wildman–Crippen MR) is 119 cm³/mol. The maximum atomic E-state index is 12.3. The van der Waals surface area contributed by atoms with Crippen molar-refractivity contribution in [1.29, 1.82) is 0 Å². The highest BCUT2D eigenvalue weighted by Gasteiger charge is 2.12. The zero-order valence-corrected chi connectivity index (χ0v) is 17.3. The summed E-state index contributed by atoms with van der Waals surface area (Å²) in [4.78, 5) is 18.6. The monoisotopic (exact) mass is 432 g/mol. The number of nitrogens with one attached hydrogen (secondary N) is 1. The normalized spacial score (nSPS) is 11.5. The number of hydrogen-bond acceptors (Lipinski definition) is 6. The minimum atomic E-state index is -0.217. The molecule has 0 bridgehead atoms. The first kappa shape index (κ1) is 18.5. The number of thiophene rings is 1. The number of hydrogen-bond donors (Lipinski definition) is 1. The van der Waals surface area contributed by atoms with Crippen molar-refractivity contribution in [3.8, 4) is 16.3 Å². The third kappa shape index (κ3) is 3.80. The van der Waals surface area contributed by atoms with E-state index in [1.54, 1.807) is 17.6 Å². The van der Waals surface area contributed by atoms with Crippen molar-refractivity contribution in [2.45, 2.75) is 6.42 Å². The second-order valence-corrected chi connectivity index (χ2v) is 8.31. The molecule has 1 aromatic carbocycles. The van der Waals surface area contributed by atoms with E-state index in [1.807, 2.05) is 80.9 Å². The van der Waals surface area contributed by atoms with Crippen LogP contribution in [0.15, 0.2) is 76.9 Å². The number of rotatable bonds is 6. The lowest BCUT2D eigenvalue weighted by molar-refractivity contribution is -0.120. The van der Waals surface area contributed by atoms with E-state index in [9.17, 15) is 4.79 Å². The first-order chi connectivity index (χ1) is 14.8. The van der Waals surface area contributed by atoms with Gasteiger partial charge in [0, 0.05) is 29.5 Å². The van der Waals surface area contributed by atoms with Crippen LogP contribution in [0.25, 0.3) is 21.2 Å². The van der Waals surface area contributed by atoms with Crippen molar-refractivity contribution in [2.24, 2.45) is 5.10 Å². The summed E-state index contributed by atoms with van der Waals surface area (Å²) in [5.74, 6) is -0.217. The van der Waals surface area contributed by atoms with Gasteiger partial charge in [0.2, 0.25) is 5.91 Å². The molecule has 148 valence electrons. The summed E-state index contributed by atoms with van der Waals surface area (Å²) in [7, 11) is 0. The molecule has 4 aromatic heterocycles. The molecule has 9 heteroatoms. The number of hydrazone groups is 1. The van der Waals surface area contributed by atoms with Crippen molar-refractivity contribution in [3.05, 3.63) is 83.1 Å². The molecular weight excluding hydrogens is 416 g/mol. The number of carbonyl (C=O) groups is 1. The van der Waals surface area contributed by atoms with Gasteiger partial charge in [-0.2, -0.15) is 10.2 Å². The van der Waals surface area contributed by atoms with Crippen LogP contribution < -0.4 is 5.43 Å². The fourth-order valence-electron chi connectivity index (χ4n) is 3.04. The summed E-state index contributed by atoms with van der Waals surface area (Å²) in [6.45, 7) is 0. The molecule has 0 saturated heterocycles. The van der Waals surface area contributed by atoms with Gasteiger partial charge >= 0.3 is 0 Å². The average molecular weight is 433 g/mol. The van der Waals surface area contributed by atoms with Gasteiger partial charge < -0.3 is 0 Å². The van der Waals surface area contributed by atoms with Gasteiger partial charge in [-0.1, -0.05) is 24.3 Å². The van der Waals surface area contributed by atoms with Crippen LogP contribution in [-0.4, -0.2) is 31.3 Å². The third-order valence-electron chi connectivity index (χ3n) is 4.40. The molecular formula is C21H16N6OS2. The van der Waals surface area contributed by atoms with Crippen LogP contribution in [0, 0.1) is 0 Å². The van der Waals surface area contributed by atoms with Gasteiger partial charge in [0.25, 0.3) is 0 Å². The average Bonchev–Trinajstić information content (AvgIpc) is 3.52. The molecule has 0 fully saturated rings. The van der Waals surface area contributed by atoms with Crippen molar-refractivity contribution < 1.29 is 4.79 Å². The summed E-state index contributed by atoms with van der Waals surface area (Å²) in [6.07, 6.45) is 7.48. The minimum Gasteiger partial charge on any atom is -0.297 e. The van der Waals surface area contributed by atoms with E-state index >= 15 is 0 Å². The fourth-order valence-corrected chi connectivity index (χ4v) is 4.49. The van der Waals surface area contributed by atoms with Gasteiger partial charge in [0.05, 0.1) is 28.9 Å². The topological polar surface area (TPSA) is 76.6 Å². The lowest BCUT2D eigenvalue weighted by Gasteiger charge is -1.98. The van der Waals surface area contributed by atoms with Crippen LogP contribution in [0.4, 0.5) is 0 Å². The molecule has 0 unspecified atom stereocenters. The molecule has 0 aliphatic heterocycles. The summed E-state index contributed by atoms with van der Waals surface area (Å²) in [5.41, 5.74) is 5.90. The Labute approximate surface area is 180 Å². The maximum absolute atomic E-state index is 12.3. The van der Waals surface area contributed by atoms with Crippen molar-refractivity contribution >= 4 is 39.8 Å². The Hall–Kier alpha value is -3.56. The van der Waals surface area contributed by atoms with E-state index in [4.69, 9.17) is 5.10 Å². The van der Waals surface area contributed by atoms with E-state index in [-0.39, 0.29) is 12.3 Å². The number of imidazole rings is 1. The molecule has 0 aliphatic carbocycles. The number of aromatic nitrogens is 4. The zero-order chi connectivity index (χ0) is 20.3. The van der Waals surface area contributed by atoms with Crippen LogP contribution in [0.3, 0.4) is 0 Å². The van der Waals surface area contributed by atoms with Gasteiger partial charge in [0.15, 0.2) is 4.96 Å². The van der Waals surface area contributed by atoms with Crippen LogP contribution in [0.2, 0.25) is 0 Å². The maximum Gasteiger partial charge on any atom is 0.246 e. The summed E-state index contributed by atoms with van der Waals surface area (Å²) >= 11 is 3.14. The van der Waals surface area contributed by atoms with E-state index in [1.165, 1.54) is 11.3 Å². The van der Waals surface area contributed by atoms with Gasteiger partial charge in [0.1, 0.15) is 5.69 Å². The van der Waals surface area contributed by atoms with Crippen molar-refractivity contribution in [2.75, 3.05) is 0 Å². The van der Waals surface area contributed by atoms with Crippen LogP contribution in [0.5, 0.6) is 0 Å². The molecule has 5 rings (SSSR count). The van der Waals surface area contributed by atoms with Gasteiger partial charge in [-0.3, -0.25) is 9.20 Å². The number of nitrogens with zero attached hydrogens (tertiary/aromatic N) is 5. The lowest BCUT2D eigenvalue weighted by atomic mass is 10.2. The molecule has 0 spiro atoms. The van der Waals surface area contributed by atoms with Gasteiger partial charge in [-0.05, 0) is 23.6 Å². The number of amides is 1. The quantitative estimate of drug-likeness (QED) is 0.325. The predicted octanol–water partition coefficient (Wildman–Crippen LogP) is 4.00. The Morgan fingerprint density at radius 3 is 2.80 bits per heavy atom. The van der Waals surface area contributed by atoms with E-state index < -0.39 is 0 Å². The molecule has 5 aromatic rings. The molecule has 4 heterocycles. The number of carbonyl (C=O) groups excluding carboxylic acids is 1. The fraction of sp³-hybridized carbons (Fsp3) is 0.0476. The lowest BCUT2D eigenvalue weighted by Crippen LogP contribution is -2.19. The van der Waals surface area contributed by atoms with Crippen LogP contribution in [0.1, 0.15) is 11.3 Å². The van der Waals surface area contributed by atoms with Crippen LogP contribution in [-0.2, 0) is 11.2 Å². The SMILES string of the molecule is O=C(Cc1cn2ccsc2n1)NN=Cc1cn(-c2ccccc2)nc1-c1cccs1. The van der Waals surface area contributed by atoms with E-state index in [0.717, 1.165) is 26.8 Å². The Kier molecular flexibility index (Phi) is 4.96. The Balaban J connectivity index is 1.34. The highest BCUT2D eigenvalue weighted by Crippen LogP contribution is 2.26. The molecule has 0 saturated carbocycles. The van der Waals surface area contributed by atoms with Crippen molar-refractivity contribution in [1.82, 2.24) is 24.6 Å². The molecule has 1 N–H and O–H groups in total. The Bertz CT molecular complexity index is 1290. The smallest absolute Gasteiger partial charge is 0.246 e. The second-order valence-electron chi connectivity index (χ2n) is 6.49. The summed E-state index contributed by atoms with van der Waals surface area (Å²) in [5, 5.41) is 12.8. The third-order valence-corrected chi connectivity index (χ3v) is 6.04. The number of para-hydroxylation sites is 1. The molecule has 0 atom stereocenters. The Morgan fingerprint density at radius 2 is 2.00 bits per heavy atom. The van der Waals surface area contributed by atoms with E-state index in [0.29, 0.717) is 5.69 Å². The van der Waals surface area contributed by atoms with Crippen molar-refractivity contribution in [3.63, 3.8) is 0 Å². The minimum absolute atomic E-state index is 0.173. The Morgan fingerprint density at radius 1 is 1.10 bits per heavy atom. The second kappa shape index (κ2) is 8.05. The highest BCUT2D eigenvalue weighted by atomic mass is 32.1. The first-order valence-electron chi connectivity index (χ1n) is 9.18. The molecule has 7 nitrogen and oxygen atoms in total. The molecule has 0 radical (unpaired) electrons. The highest BCUT2D eigenvalue weighted by molar-refractivity contribution is 7.15. The summed E-state index contributed by atoms with van der Waals surface area (Å²) in [6, 6.07) is 13.9. The van der Waals surface area contributed by atoms with Crippen LogP contribution >= 0.6 is 22.7 Å². The molecule has 1 amide bonds. The standard InChI is InChI=1S/C21H16N6OS2/c28-19(11-16-14-26-8-10-30-21(26)23-16)24-22-12-15-13-27(17-5-2-1-3-6-17)25-20(15)18-7-4-9-29-18/h1-10,12-14H,11H2,(H,24,28). The molecule has 30 heavy (non-hydrogen) atoms. The number of fused-ring (bicyclic) bond motifs is 1.